The summed E-state index contributed by atoms with van der Waals surface area (Å²) in [5.74, 6) is -0.0543. The zero-order valence-electron chi connectivity index (χ0n) is 27.0. The fraction of sp³-hybridized carbons (Fsp3) is 0.767. The summed E-state index contributed by atoms with van der Waals surface area (Å²) in [7, 11) is -0.389. The first kappa shape index (κ1) is 34.1. The van der Waals surface area contributed by atoms with Gasteiger partial charge in [-0.15, -0.1) is 0 Å². The van der Waals surface area contributed by atoms with Crippen molar-refractivity contribution in [2.75, 3.05) is 25.5 Å². The Hall–Kier alpha value is -2.73. The molecule has 14 heteroatoms. The van der Waals surface area contributed by atoms with E-state index in [1.54, 1.807) is 24.7 Å². The number of piperazine rings is 1. The molecule has 13 nitrogen and oxygen atoms in total. The maximum absolute atomic E-state index is 13.7. The number of aromatic nitrogens is 4. The van der Waals surface area contributed by atoms with E-state index < -0.39 is 34.6 Å². The van der Waals surface area contributed by atoms with E-state index in [0.717, 1.165) is 25.7 Å². The van der Waals surface area contributed by atoms with Gasteiger partial charge in [-0.2, -0.15) is 0 Å². The summed E-state index contributed by atoms with van der Waals surface area (Å²) in [6.07, 6.45) is 6.42. The Balaban J connectivity index is 1.60. The quantitative estimate of drug-likeness (QED) is 0.203. The van der Waals surface area contributed by atoms with E-state index in [4.69, 9.17) is 19.9 Å². The molecule has 44 heavy (non-hydrogen) atoms. The Morgan fingerprint density at radius 3 is 2.34 bits per heavy atom. The zero-order valence-corrected chi connectivity index (χ0v) is 27.9. The third-order valence-corrected chi connectivity index (χ3v) is 9.98. The van der Waals surface area contributed by atoms with Crippen LogP contribution in [-0.2, 0) is 34.9 Å². The Morgan fingerprint density at radius 1 is 1.09 bits per heavy atom. The molecule has 0 bridgehead atoms. The summed E-state index contributed by atoms with van der Waals surface area (Å²) in [6, 6.07) is -0.363. The summed E-state index contributed by atoms with van der Waals surface area (Å²) >= 11 is 0. The SMILES string of the molecule is CCC(CC)COC(=O)C12CC1N(C(C)(C)C(=O)OCC(CC)CC)CC(O[C@H](C)Cn1cnc3c(N)ncnc31)(P=O)N2. The monoisotopic (exact) mass is 633 g/mol. The lowest BCUT2D eigenvalue weighted by atomic mass is 9.99. The van der Waals surface area contributed by atoms with Gasteiger partial charge in [0.2, 0.25) is 13.9 Å². The van der Waals surface area contributed by atoms with Gasteiger partial charge >= 0.3 is 11.9 Å². The molecule has 2 aromatic rings. The molecule has 0 radical (unpaired) electrons. The topological polar surface area (TPSA) is 164 Å². The third kappa shape index (κ3) is 6.76. The van der Waals surface area contributed by atoms with E-state index in [9.17, 15) is 14.2 Å². The van der Waals surface area contributed by atoms with Crippen LogP contribution in [0.15, 0.2) is 12.7 Å². The standard InChI is InChI=1S/C30H48N7O6P/c1-8-20(9-2)14-41-26(38)28(6,7)37-16-30(44-40,35-29(12-22(29)37)27(39)42-15-21(10-3)11-4)43-19(5)13-36-18-34-23-24(31)32-17-33-25(23)36/h17-22,35H,8-16H2,1-7H3,(H2,31,32,33)/t19-,22?,29?,30?/m1/s1. The van der Waals surface area contributed by atoms with Crippen LogP contribution < -0.4 is 11.1 Å². The molecule has 0 spiro atoms. The highest BCUT2D eigenvalue weighted by atomic mass is 31.1. The minimum Gasteiger partial charge on any atom is -0.464 e. The molecule has 1 saturated carbocycles. The van der Waals surface area contributed by atoms with Gasteiger partial charge in [-0.1, -0.05) is 53.4 Å². The second-order valence-electron chi connectivity index (χ2n) is 12.7. The van der Waals surface area contributed by atoms with E-state index in [0.29, 0.717) is 37.3 Å². The molecule has 0 amide bonds. The van der Waals surface area contributed by atoms with Crippen LogP contribution in [0.5, 0.6) is 0 Å². The first-order valence-corrected chi connectivity index (χ1v) is 16.5. The summed E-state index contributed by atoms with van der Waals surface area (Å²) < 4.78 is 33.0. The highest BCUT2D eigenvalue weighted by molar-refractivity contribution is 7.25. The molecule has 2 fully saturated rings. The highest BCUT2D eigenvalue weighted by Gasteiger charge is 2.73. The van der Waals surface area contributed by atoms with Gasteiger partial charge in [-0.3, -0.25) is 19.6 Å². The molecule has 3 N–H and O–H groups in total. The Labute approximate surface area is 261 Å². The van der Waals surface area contributed by atoms with Crippen molar-refractivity contribution < 1.29 is 28.4 Å². The van der Waals surface area contributed by atoms with Crippen LogP contribution in [-0.4, -0.2) is 84.8 Å². The number of nitrogens with zero attached hydrogens (tertiary/aromatic N) is 5. The van der Waals surface area contributed by atoms with Crippen LogP contribution in [0, 0.1) is 11.8 Å². The van der Waals surface area contributed by atoms with Crippen molar-refractivity contribution in [3.63, 3.8) is 0 Å². The Morgan fingerprint density at radius 2 is 1.73 bits per heavy atom. The first-order chi connectivity index (χ1) is 20.9. The number of nitrogens with one attached hydrogen (secondary N) is 1. The second kappa shape index (κ2) is 13.7. The molecule has 0 aromatic carbocycles. The number of esters is 2. The molecule has 244 valence electrons. The highest BCUT2D eigenvalue weighted by Crippen LogP contribution is 2.52. The average Bonchev–Trinajstić information content (AvgIpc) is 3.61. The van der Waals surface area contributed by atoms with Gasteiger partial charge in [0.1, 0.15) is 22.9 Å². The normalized spacial score (nSPS) is 24.5. The van der Waals surface area contributed by atoms with Gasteiger partial charge in [0.25, 0.3) is 0 Å². The molecule has 1 saturated heterocycles. The Bertz CT molecular complexity index is 1330. The van der Waals surface area contributed by atoms with E-state index in [1.807, 2.05) is 11.8 Å². The molecule has 1 aliphatic carbocycles. The minimum absolute atomic E-state index is 0.0709. The lowest BCUT2D eigenvalue weighted by Crippen LogP contribution is -2.71. The number of hydrogen-bond acceptors (Lipinski definition) is 12. The van der Waals surface area contributed by atoms with Gasteiger partial charge in [-0.25, -0.2) is 19.7 Å². The lowest BCUT2D eigenvalue weighted by Gasteiger charge is -2.47. The largest absolute Gasteiger partial charge is 0.464 e. The van der Waals surface area contributed by atoms with Crippen molar-refractivity contribution in [1.82, 2.24) is 29.7 Å². The van der Waals surface area contributed by atoms with Gasteiger partial charge < -0.3 is 24.5 Å². The molecule has 2 aliphatic rings. The van der Waals surface area contributed by atoms with Crippen LogP contribution >= 0.6 is 8.46 Å². The van der Waals surface area contributed by atoms with Gasteiger partial charge in [-0.05, 0) is 39.0 Å². The number of imidazole rings is 1. The van der Waals surface area contributed by atoms with Crippen LogP contribution in [0.4, 0.5) is 5.82 Å². The fourth-order valence-electron chi connectivity index (χ4n) is 6.02. The molecule has 3 heterocycles. The molecule has 4 rings (SSSR count). The fourth-order valence-corrected chi connectivity index (χ4v) is 6.70. The first-order valence-electron chi connectivity index (χ1n) is 15.7. The van der Waals surface area contributed by atoms with Crippen molar-refractivity contribution >= 4 is 37.4 Å². The molecule has 1 aliphatic heterocycles. The summed E-state index contributed by atoms with van der Waals surface area (Å²) in [6.45, 7) is 14.7. The van der Waals surface area contributed by atoms with E-state index in [-0.39, 0.29) is 38.7 Å². The van der Waals surface area contributed by atoms with Crippen LogP contribution in [0.2, 0.25) is 0 Å². The molecule has 4 atom stereocenters. The number of anilines is 1. The van der Waals surface area contributed by atoms with Gasteiger partial charge in [0.15, 0.2) is 11.5 Å². The van der Waals surface area contributed by atoms with Crippen LogP contribution in [0.1, 0.15) is 80.6 Å². The maximum atomic E-state index is 13.7. The number of carbonyl (C=O) groups is 2. The average molecular weight is 634 g/mol. The number of nitrogen functional groups attached to an aromatic ring is 1. The molecular formula is C30H48N7O6P. The van der Waals surface area contributed by atoms with Gasteiger partial charge in [0, 0.05) is 6.04 Å². The number of hydrogen-bond donors (Lipinski definition) is 2. The lowest BCUT2D eigenvalue weighted by molar-refractivity contribution is -0.172. The van der Waals surface area contributed by atoms with Crippen LogP contribution in [0.25, 0.3) is 11.2 Å². The van der Waals surface area contributed by atoms with Crippen molar-refractivity contribution in [2.24, 2.45) is 11.8 Å². The molecule has 2 aromatic heterocycles. The summed E-state index contributed by atoms with van der Waals surface area (Å²) in [4.78, 5) is 41.8. The molecular weight excluding hydrogens is 585 g/mol. The predicted octanol–water partition coefficient (Wildman–Crippen LogP) is 3.91. The van der Waals surface area contributed by atoms with Crippen molar-refractivity contribution in [3.8, 4) is 0 Å². The Kier molecular flexibility index (Phi) is 10.7. The second-order valence-corrected chi connectivity index (χ2v) is 13.6. The minimum atomic E-state index is -1.52. The van der Waals surface area contributed by atoms with E-state index in [2.05, 4.69) is 48.0 Å². The van der Waals surface area contributed by atoms with E-state index in [1.165, 1.54) is 6.33 Å². The predicted molar refractivity (Wildman–Crippen MR) is 166 cm³/mol. The zero-order chi connectivity index (χ0) is 32.3. The number of fused-ring (bicyclic) bond motifs is 2. The number of ether oxygens (including phenoxy) is 3. The van der Waals surface area contributed by atoms with E-state index >= 15 is 0 Å². The smallest absolute Gasteiger partial charge is 0.328 e. The summed E-state index contributed by atoms with van der Waals surface area (Å²) in [5.41, 5.74) is 3.15. The number of rotatable bonds is 16. The van der Waals surface area contributed by atoms with Gasteiger partial charge in [0.05, 0.1) is 38.7 Å². The number of nitrogens with two attached hydrogens (primary N) is 1. The van der Waals surface area contributed by atoms with Crippen molar-refractivity contribution in [1.29, 1.82) is 0 Å². The van der Waals surface area contributed by atoms with Crippen molar-refractivity contribution in [2.45, 2.75) is 116 Å². The summed E-state index contributed by atoms with van der Waals surface area (Å²) in [5, 5.41) is 3.31. The van der Waals surface area contributed by atoms with Crippen molar-refractivity contribution in [3.05, 3.63) is 12.7 Å². The van der Waals surface area contributed by atoms with Crippen LogP contribution in [0.3, 0.4) is 0 Å². The maximum Gasteiger partial charge on any atom is 0.328 e. The third-order valence-electron chi connectivity index (χ3n) is 9.32. The number of carbonyl (C=O) groups excluding carboxylic acids is 2. The molecule has 3 unspecified atom stereocenters.